The lowest BCUT2D eigenvalue weighted by Crippen LogP contribution is -2.40. The van der Waals surface area contributed by atoms with Gasteiger partial charge in [-0.2, -0.15) is 0 Å². The summed E-state index contributed by atoms with van der Waals surface area (Å²) in [5.74, 6) is -0.128. The number of aromatic nitrogens is 2. The van der Waals surface area contributed by atoms with E-state index in [0.717, 1.165) is 27.0 Å². The fourth-order valence-electron chi connectivity index (χ4n) is 3.72. The number of nitrogens with one attached hydrogen (secondary N) is 1. The molecule has 0 unspecified atom stereocenters. The first-order valence-corrected chi connectivity index (χ1v) is 13.5. The van der Waals surface area contributed by atoms with Crippen LogP contribution in [-0.2, 0) is 30.0 Å². The molecule has 0 saturated carbocycles. The van der Waals surface area contributed by atoms with Gasteiger partial charge in [0, 0.05) is 20.1 Å². The molecule has 188 valence electrons. The van der Waals surface area contributed by atoms with Gasteiger partial charge >= 0.3 is 5.69 Å². The minimum Gasteiger partial charge on any atom is -0.497 e. The molecule has 4 aromatic rings. The Kier molecular flexibility index (Phi) is 7.14. The van der Waals surface area contributed by atoms with Gasteiger partial charge in [0.15, 0.2) is 9.84 Å². The Bertz CT molecular complexity index is 1660. The van der Waals surface area contributed by atoms with Crippen molar-refractivity contribution in [1.29, 1.82) is 0 Å². The van der Waals surface area contributed by atoms with Crippen molar-refractivity contribution in [3.8, 4) is 5.75 Å². The molecule has 2 aromatic carbocycles. The summed E-state index contributed by atoms with van der Waals surface area (Å²) in [4.78, 5) is 39.5. The fraction of sp³-hybridized carbons (Fsp3) is 0.240. The van der Waals surface area contributed by atoms with Gasteiger partial charge in [0.05, 0.1) is 28.0 Å². The van der Waals surface area contributed by atoms with Crippen LogP contribution in [0.5, 0.6) is 5.75 Å². The molecule has 0 radical (unpaired) electrons. The molecular weight excluding hydrogens is 502 g/mol. The van der Waals surface area contributed by atoms with E-state index in [1.807, 2.05) is 19.1 Å². The van der Waals surface area contributed by atoms with Gasteiger partial charge in [0.25, 0.3) is 11.5 Å². The highest BCUT2D eigenvalue weighted by molar-refractivity contribution is 7.91. The van der Waals surface area contributed by atoms with Gasteiger partial charge in [-0.15, -0.1) is 11.3 Å². The zero-order valence-corrected chi connectivity index (χ0v) is 21.6. The molecule has 9 nitrogen and oxygen atoms in total. The van der Waals surface area contributed by atoms with Crippen LogP contribution in [0.25, 0.3) is 10.2 Å². The molecule has 0 bridgehead atoms. The summed E-state index contributed by atoms with van der Waals surface area (Å²) in [6.07, 6.45) is 0. The number of thiophene rings is 1. The van der Waals surface area contributed by atoms with E-state index < -0.39 is 26.8 Å². The molecule has 0 aliphatic carbocycles. The fourth-order valence-corrected chi connectivity index (χ4v) is 5.95. The van der Waals surface area contributed by atoms with Crippen molar-refractivity contribution in [1.82, 2.24) is 14.5 Å². The summed E-state index contributed by atoms with van der Waals surface area (Å²) in [5.41, 5.74) is 0.491. The highest BCUT2D eigenvalue weighted by Crippen LogP contribution is 2.22. The van der Waals surface area contributed by atoms with Crippen LogP contribution in [0, 0.1) is 6.92 Å². The van der Waals surface area contributed by atoms with E-state index in [0.29, 0.717) is 10.6 Å². The molecule has 36 heavy (non-hydrogen) atoms. The Hall–Kier alpha value is -3.70. The number of methoxy groups -OCH3 is 1. The predicted octanol–water partition coefficient (Wildman–Crippen LogP) is 2.48. The smallest absolute Gasteiger partial charge is 0.331 e. The molecule has 11 heteroatoms. The third kappa shape index (κ3) is 5.12. The lowest BCUT2D eigenvalue weighted by atomic mass is 10.2. The largest absolute Gasteiger partial charge is 0.497 e. The van der Waals surface area contributed by atoms with Crippen molar-refractivity contribution in [2.75, 3.05) is 12.9 Å². The predicted molar refractivity (Wildman–Crippen MR) is 139 cm³/mol. The van der Waals surface area contributed by atoms with E-state index in [-0.39, 0.29) is 34.2 Å². The number of amides is 1. The Morgan fingerprint density at radius 3 is 2.50 bits per heavy atom. The molecule has 2 aromatic heterocycles. The van der Waals surface area contributed by atoms with Crippen molar-refractivity contribution in [2.45, 2.75) is 24.9 Å². The topological polar surface area (TPSA) is 116 Å². The second-order valence-electron chi connectivity index (χ2n) is 8.29. The van der Waals surface area contributed by atoms with Crippen molar-refractivity contribution in [3.63, 3.8) is 0 Å². The number of hydrogen-bond acceptors (Lipinski definition) is 7. The van der Waals surface area contributed by atoms with E-state index in [9.17, 15) is 22.8 Å². The van der Waals surface area contributed by atoms with Crippen LogP contribution in [0.2, 0.25) is 0 Å². The molecule has 4 rings (SSSR count). The van der Waals surface area contributed by atoms with E-state index in [2.05, 4.69) is 5.32 Å². The lowest BCUT2D eigenvalue weighted by molar-refractivity contribution is 0.0955. The van der Waals surface area contributed by atoms with Gasteiger partial charge in [-0.05, 0) is 42.8 Å². The van der Waals surface area contributed by atoms with Crippen LogP contribution in [0.1, 0.15) is 20.8 Å². The number of fused-ring (bicyclic) bond motifs is 1. The molecule has 1 amide bonds. The maximum absolute atomic E-state index is 13.1. The van der Waals surface area contributed by atoms with Crippen molar-refractivity contribution >= 4 is 37.3 Å². The van der Waals surface area contributed by atoms with Crippen LogP contribution in [0.15, 0.2) is 69.1 Å². The Morgan fingerprint density at radius 1 is 1.08 bits per heavy atom. The van der Waals surface area contributed by atoms with Gasteiger partial charge in [-0.1, -0.05) is 29.8 Å². The third-order valence-corrected chi connectivity index (χ3v) is 8.71. The van der Waals surface area contributed by atoms with Gasteiger partial charge in [-0.25, -0.2) is 13.2 Å². The first-order chi connectivity index (χ1) is 17.1. The quantitative estimate of drug-likeness (QED) is 0.376. The van der Waals surface area contributed by atoms with Crippen LogP contribution in [0.3, 0.4) is 0 Å². The standard InChI is InChI=1S/C25H25N3O6S2/c1-16-7-9-19(10-8-16)36(32,33)12-11-28-23(30)20-14-21(35-24(20)27(2)25(28)31)22(29)26-15-17-5-4-6-18(13-17)34-3/h4-10,13-14H,11-12,15H2,1-3H3,(H,26,29). The second kappa shape index (κ2) is 10.1. The molecule has 0 atom stereocenters. The molecule has 0 aliphatic rings. The first kappa shape index (κ1) is 25.4. The molecular formula is C25H25N3O6S2. The lowest BCUT2D eigenvalue weighted by Gasteiger charge is -2.09. The molecule has 0 fully saturated rings. The van der Waals surface area contributed by atoms with Crippen LogP contribution in [-0.4, -0.2) is 36.3 Å². The summed E-state index contributed by atoms with van der Waals surface area (Å²) in [6, 6.07) is 15.1. The summed E-state index contributed by atoms with van der Waals surface area (Å²) in [7, 11) is -0.651. The van der Waals surface area contributed by atoms with Crippen molar-refractivity contribution in [2.24, 2.45) is 7.05 Å². The number of benzene rings is 2. The number of aryl methyl sites for hydroxylation is 2. The highest BCUT2D eigenvalue weighted by Gasteiger charge is 2.20. The number of nitrogens with zero attached hydrogens (tertiary/aromatic N) is 2. The maximum atomic E-state index is 13.1. The Labute approximate surface area is 211 Å². The second-order valence-corrected chi connectivity index (χ2v) is 11.4. The normalized spacial score (nSPS) is 11.5. The van der Waals surface area contributed by atoms with Crippen molar-refractivity contribution in [3.05, 3.63) is 91.4 Å². The summed E-state index contributed by atoms with van der Waals surface area (Å²) in [5, 5.41) is 2.99. The number of carbonyl (C=O) groups excluding carboxylic acids is 1. The zero-order valence-electron chi connectivity index (χ0n) is 20.0. The van der Waals surface area contributed by atoms with Crippen LogP contribution >= 0.6 is 11.3 Å². The van der Waals surface area contributed by atoms with Gasteiger partial charge in [0.1, 0.15) is 10.6 Å². The summed E-state index contributed by atoms with van der Waals surface area (Å²) in [6.45, 7) is 1.80. The summed E-state index contributed by atoms with van der Waals surface area (Å²) < 4.78 is 32.8. The van der Waals surface area contributed by atoms with Crippen LogP contribution in [0.4, 0.5) is 0 Å². The average Bonchev–Trinajstić information content (AvgIpc) is 3.32. The van der Waals surface area contributed by atoms with E-state index in [4.69, 9.17) is 4.74 Å². The van der Waals surface area contributed by atoms with Gasteiger partial charge in [0.2, 0.25) is 0 Å². The molecule has 2 heterocycles. The minimum atomic E-state index is -3.70. The third-order valence-electron chi connectivity index (χ3n) is 5.79. The van der Waals surface area contributed by atoms with E-state index in [1.165, 1.54) is 29.8 Å². The van der Waals surface area contributed by atoms with Gasteiger partial charge < -0.3 is 10.1 Å². The molecule has 0 saturated heterocycles. The minimum absolute atomic E-state index is 0.129. The number of rotatable bonds is 8. The number of hydrogen-bond donors (Lipinski definition) is 1. The first-order valence-electron chi connectivity index (χ1n) is 11.0. The zero-order chi connectivity index (χ0) is 26.0. The monoisotopic (exact) mass is 527 g/mol. The Balaban J connectivity index is 1.58. The number of carbonyl (C=O) groups is 1. The molecule has 0 spiro atoms. The van der Waals surface area contributed by atoms with Crippen LogP contribution < -0.4 is 21.3 Å². The SMILES string of the molecule is COc1cccc(CNC(=O)c2cc3c(=O)n(CCS(=O)(=O)c4ccc(C)cc4)c(=O)n(C)c3s2)c1. The summed E-state index contributed by atoms with van der Waals surface area (Å²) >= 11 is 1.03. The Morgan fingerprint density at radius 2 is 1.81 bits per heavy atom. The van der Waals surface area contributed by atoms with E-state index in [1.54, 1.807) is 31.4 Å². The van der Waals surface area contributed by atoms with E-state index >= 15 is 0 Å². The maximum Gasteiger partial charge on any atom is 0.331 e. The molecule has 1 N–H and O–H groups in total. The number of ether oxygens (including phenoxy) is 1. The number of sulfone groups is 1. The van der Waals surface area contributed by atoms with Crippen molar-refractivity contribution < 1.29 is 17.9 Å². The van der Waals surface area contributed by atoms with Gasteiger partial charge in [-0.3, -0.25) is 18.7 Å². The average molecular weight is 528 g/mol. The molecule has 0 aliphatic heterocycles. The highest BCUT2D eigenvalue weighted by atomic mass is 32.2.